The van der Waals surface area contributed by atoms with E-state index in [1.54, 1.807) is 14.2 Å². The van der Waals surface area contributed by atoms with Gasteiger partial charge in [0.1, 0.15) is 11.5 Å². The Bertz CT molecular complexity index is 852. The molecule has 1 fully saturated rings. The average molecular weight is 344 g/mol. The molecule has 0 spiro atoms. The number of ether oxygens (including phenoxy) is 2. The van der Waals surface area contributed by atoms with Crippen molar-refractivity contribution in [2.75, 3.05) is 14.2 Å². The lowest BCUT2D eigenvalue weighted by atomic mass is 9.89. The highest BCUT2D eigenvalue weighted by Crippen LogP contribution is 2.37. The number of benzene rings is 1. The van der Waals surface area contributed by atoms with Gasteiger partial charge in [0.25, 0.3) is 0 Å². The molecule has 0 saturated heterocycles. The largest absolute Gasteiger partial charge is 0.497 e. The Kier molecular flexibility index (Phi) is 4.10. The molecule has 0 unspecified atom stereocenters. The molecule has 1 aliphatic carbocycles. The van der Waals surface area contributed by atoms with Crippen LogP contribution in [0.2, 0.25) is 0 Å². The van der Waals surface area contributed by atoms with Crippen LogP contribution in [-0.2, 0) is 0 Å². The van der Waals surface area contributed by atoms with Crippen LogP contribution in [0.15, 0.2) is 18.2 Å². The van der Waals surface area contributed by atoms with Crippen molar-refractivity contribution in [2.24, 2.45) is 0 Å². The number of fused-ring (bicyclic) bond motifs is 1. The van der Waals surface area contributed by atoms with E-state index in [2.05, 4.69) is 10.2 Å². The van der Waals surface area contributed by atoms with Gasteiger partial charge >= 0.3 is 0 Å². The quantitative estimate of drug-likeness (QED) is 0.718. The lowest BCUT2D eigenvalue weighted by Gasteiger charge is -2.18. The van der Waals surface area contributed by atoms with Crippen LogP contribution in [-0.4, -0.2) is 34.0 Å². The summed E-state index contributed by atoms with van der Waals surface area (Å²) in [5, 5.41) is 14.4. The average Bonchev–Trinajstić information content (AvgIpc) is 3.22. The van der Waals surface area contributed by atoms with E-state index in [1.165, 1.54) is 43.4 Å². The fourth-order valence-corrected chi connectivity index (χ4v) is 4.21. The lowest BCUT2D eigenvalue weighted by molar-refractivity contribution is 0.395. The van der Waals surface area contributed by atoms with Gasteiger partial charge in [-0.05, 0) is 25.0 Å². The Labute approximate surface area is 144 Å². The summed E-state index contributed by atoms with van der Waals surface area (Å²) in [6, 6.07) is 5.77. The molecule has 3 aromatic rings. The summed E-state index contributed by atoms with van der Waals surface area (Å²) in [5.41, 5.74) is 0.948. The molecule has 126 valence electrons. The molecule has 1 saturated carbocycles. The van der Waals surface area contributed by atoms with Gasteiger partial charge in [-0.25, -0.2) is 0 Å². The molecule has 1 aromatic carbocycles. The molecular weight excluding hydrogens is 324 g/mol. The first-order chi connectivity index (χ1) is 11.8. The molecule has 0 N–H and O–H groups in total. The third kappa shape index (κ3) is 2.62. The first-order valence-electron chi connectivity index (χ1n) is 8.24. The van der Waals surface area contributed by atoms with Gasteiger partial charge in [-0.1, -0.05) is 30.6 Å². The SMILES string of the molecule is COc1ccc(-c2nn3c(C4CCCCC4)nnc3s2)c(OC)c1. The van der Waals surface area contributed by atoms with Crippen LogP contribution in [0.4, 0.5) is 0 Å². The minimum Gasteiger partial charge on any atom is -0.497 e. The van der Waals surface area contributed by atoms with Crippen LogP contribution in [0, 0.1) is 0 Å². The molecule has 6 nitrogen and oxygen atoms in total. The van der Waals surface area contributed by atoms with Crippen molar-refractivity contribution in [1.82, 2.24) is 19.8 Å². The lowest BCUT2D eigenvalue weighted by Crippen LogP contribution is -2.09. The highest BCUT2D eigenvalue weighted by atomic mass is 32.1. The fraction of sp³-hybridized carbons (Fsp3) is 0.471. The van der Waals surface area contributed by atoms with Gasteiger partial charge in [0.05, 0.1) is 19.8 Å². The maximum Gasteiger partial charge on any atom is 0.234 e. The smallest absolute Gasteiger partial charge is 0.234 e. The Morgan fingerprint density at radius 1 is 1.08 bits per heavy atom. The highest BCUT2D eigenvalue weighted by molar-refractivity contribution is 7.19. The maximum atomic E-state index is 5.50. The number of hydrogen-bond acceptors (Lipinski definition) is 6. The van der Waals surface area contributed by atoms with E-state index in [1.807, 2.05) is 22.7 Å². The van der Waals surface area contributed by atoms with Gasteiger partial charge in [-0.3, -0.25) is 0 Å². The topological polar surface area (TPSA) is 61.5 Å². The summed E-state index contributed by atoms with van der Waals surface area (Å²) >= 11 is 1.54. The summed E-state index contributed by atoms with van der Waals surface area (Å²) in [6.45, 7) is 0. The van der Waals surface area contributed by atoms with Gasteiger partial charge in [-0.2, -0.15) is 9.61 Å². The third-order valence-corrected chi connectivity index (χ3v) is 5.56. The van der Waals surface area contributed by atoms with Crippen molar-refractivity contribution < 1.29 is 9.47 Å². The zero-order chi connectivity index (χ0) is 16.5. The number of nitrogens with zero attached hydrogens (tertiary/aromatic N) is 4. The van der Waals surface area contributed by atoms with Crippen LogP contribution in [0.25, 0.3) is 15.5 Å². The molecule has 7 heteroatoms. The molecule has 1 aliphatic rings. The van der Waals surface area contributed by atoms with Crippen LogP contribution in [0.5, 0.6) is 11.5 Å². The Morgan fingerprint density at radius 3 is 2.67 bits per heavy atom. The molecule has 24 heavy (non-hydrogen) atoms. The summed E-state index contributed by atoms with van der Waals surface area (Å²) in [6.07, 6.45) is 6.22. The zero-order valence-corrected chi connectivity index (χ0v) is 14.7. The molecule has 4 rings (SSSR count). The predicted octanol–water partition coefficient (Wildman–Crippen LogP) is 3.92. The summed E-state index contributed by atoms with van der Waals surface area (Å²) < 4.78 is 12.7. The number of aromatic nitrogens is 4. The van der Waals surface area contributed by atoms with Crippen molar-refractivity contribution in [1.29, 1.82) is 0 Å². The molecular formula is C17H20N4O2S. The molecule has 0 radical (unpaired) electrons. The van der Waals surface area contributed by atoms with Gasteiger partial charge in [-0.15, -0.1) is 10.2 Å². The summed E-state index contributed by atoms with van der Waals surface area (Å²) in [4.78, 5) is 0.837. The Morgan fingerprint density at radius 2 is 1.92 bits per heavy atom. The molecule has 0 aliphatic heterocycles. The standard InChI is InChI=1S/C17H20N4O2S/c1-22-12-8-9-13(14(10-12)23-2)16-20-21-15(18-19-17(21)24-16)11-6-4-3-5-7-11/h8-11H,3-7H2,1-2H3. The molecule has 0 atom stereocenters. The molecule has 0 amide bonds. The van der Waals surface area contributed by atoms with E-state index in [9.17, 15) is 0 Å². The Hall–Kier alpha value is -2.15. The van der Waals surface area contributed by atoms with E-state index in [4.69, 9.17) is 14.6 Å². The summed E-state index contributed by atoms with van der Waals surface area (Å²) in [5.74, 6) is 2.99. The summed E-state index contributed by atoms with van der Waals surface area (Å²) in [7, 11) is 3.31. The van der Waals surface area contributed by atoms with E-state index >= 15 is 0 Å². The monoisotopic (exact) mass is 344 g/mol. The van der Waals surface area contributed by atoms with Crippen molar-refractivity contribution in [3.05, 3.63) is 24.0 Å². The van der Waals surface area contributed by atoms with Crippen LogP contribution in [0.3, 0.4) is 0 Å². The second kappa shape index (κ2) is 6.39. The van der Waals surface area contributed by atoms with Crippen molar-refractivity contribution in [2.45, 2.75) is 38.0 Å². The third-order valence-electron chi connectivity index (χ3n) is 4.62. The van der Waals surface area contributed by atoms with E-state index in [0.29, 0.717) is 5.92 Å². The zero-order valence-electron chi connectivity index (χ0n) is 13.9. The van der Waals surface area contributed by atoms with E-state index in [-0.39, 0.29) is 0 Å². The highest BCUT2D eigenvalue weighted by Gasteiger charge is 2.23. The number of rotatable bonds is 4. The van der Waals surface area contributed by atoms with Gasteiger partial charge < -0.3 is 9.47 Å². The van der Waals surface area contributed by atoms with E-state index in [0.717, 1.165) is 32.9 Å². The van der Waals surface area contributed by atoms with Gasteiger partial charge in [0.15, 0.2) is 10.8 Å². The predicted molar refractivity (Wildman–Crippen MR) is 93.0 cm³/mol. The Balaban J connectivity index is 1.74. The van der Waals surface area contributed by atoms with Crippen LogP contribution < -0.4 is 9.47 Å². The van der Waals surface area contributed by atoms with E-state index < -0.39 is 0 Å². The first-order valence-corrected chi connectivity index (χ1v) is 9.06. The van der Waals surface area contributed by atoms with Crippen molar-refractivity contribution in [3.63, 3.8) is 0 Å². The van der Waals surface area contributed by atoms with Gasteiger partial charge in [0, 0.05) is 12.0 Å². The van der Waals surface area contributed by atoms with Crippen LogP contribution in [0.1, 0.15) is 43.8 Å². The molecule has 0 bridgehead atoms. The minimum absolute atomic E-state index is 0.474. The molecule has 2 heterocycles. The second-order valence-corrected chi connectivity index (χ2v) is 7.02. The minimum atomic E-state index is 0.474. The molecule has 2 aromatic heterocycles. The normalized spacial score (nSPS) is 15.8. The fourth-order valence-electron chi connectivity index (χ4n) is 3.33. The van der Waals surface area contributed by atoms with Gasteiger partial charge in [0.2, 0.25) is 4.96 Å². The second-order valence-electron chi connectivity index (χ2n) is 6.06. The van der Waals surface area contributed by atoms with Crippen LogP contribution >= 0.6 is 11.3 Å². The first kappa shape index (κ1) is 15.4. The van der Waals surface area contributed by atoms with Crippen molar-refractivity contribution >= 4 is 16.3 Å². The number of hydrogen-bond donors (Lipinski definition) is 0. The number of methoxy groups -OCH3 is 2. The van der Waals surface area contributed by atoms with Crippen molar-refractivity contribution in [3.8, 4) is 22.1 Å². The maximum absolute atomic E-state index is 5.50.